The normalized spacial score (nSPS) is 10.6. The molecule has 0 atom stereocenters. The average Bonchev–Trinajstić information content (AvgIpc) is 2.85. The summed E-state index contributed by atoms with van der Waals surface area (Å²) in [6, 6.07) is 0. The third-order valence-electron chi connectivity index (χ3n) is 1.77. The van der Waals surface area contributed by atoms with Crippen LogP contribution in [0.3, 0.4) is 0 Å². The number of nitrogens with zero attached hydrogens (tertiary/aromatic N) is 4. The molecule has 0 aliphatic heterocycles. The van der Waals surface area contributed by atoms with Crippen LogP contribution >= 0.6 is 0 Å². The minimum atomic E-state index is 0.480. The van der Waals surface area contributed by atoms with Crippen LogP contribution in [0.1, 0.15) is 0 Å². The summed E-state index contributed by atoms with van der Waals surface area (Å²) in [5, 5.41) is 7.64. The number of hydrogen-bond acceptors (Lipinski definition) is 5. The van der Waals surface area contributed by atoms with Crippen LogP contribution in [0.15, 0.2) is 23.2 Å². The molecule has 0 amide bonds. The summed E-state index contributed by atoms with van der Waals surface area (Å²) in [5.41, 5.74) is 0.818. The van der Waals surface area contributed by atoms with E-state index in [-0.39, 0.29) is 0 Å². The fourth-order valence-electron chi connectivity index (χ4n) is 1.08. The third-order valence-corrected chi connectivity index (χ3v) is 1.77. The lowest BCUT2D eigenvalue weighted by molar-refractivity contribution is 0.183. The monoisotopic (exact) mass is 194 g/mol. The highest BCUT2D eigenvalue weighted by Crippen LogP contribution is 2.13. The Balaban J connectivity index is 2.10. The lowest BCUT2D eigenvalue weighted by Crippen LogP contribution is -2.03. The highest BCUT2D eigenvalue weighted by atomic mass is 16.5. The number of hydrogen-bond donors (Lipinski definition) is 0. The van der Waals surface area contributed by atoms with Crippen molar-refractivity contribution < 1.29 is 9.26 Å². The predicted molar refractivity (Wildman–Crippen MR) is 47.4 cm³/mol. The number of methoxy groups -OCH3 is 1. The van der Waals surface area contributed by atoms with Gasteiger partial charge in [-0.15, -0.1) is 0 Å². The zero-order chi connectivity index (χ0) is 9.80. The van der Waals surface area contributed by atoms with Crippen LogP contribution in [-0.4, -0.2) is 33.6 Å². The number of aromatic nitrogens is 4. The second-order valence-corrected chi connectivity index (χ2v) is 2.73. The van der Waals surface area contributed by atoms with E-state index in [4.69, 9.17) is 9.26 Å². The molecule has 0 aliphatic carbocycles. The molecule has 0 saturated carbocycles. The molecule has 0 spiro atoms. The largest absolute Gasteiger partial charge is 0.383 e. The van der Waals surface area contributed by atoms with E-state index >= 15 is 0 Å². The van der Waals surface area contributed by atoms with Crippen LogP contribution in [0.4, 0.5) is 0 Å². The van der Waals surface area contributed by atoms with E-state index < -0.39 is 0 Å². The average molecular weight is 194 g/mol. The Morgan fingerprint density at radius 1 is 1.57 bits per heavy atom. The fourth-order valence-corrected chi connectivity index (χ4v) is 1.08. The highest BCUT2D eigenvalue weighted by molar-refractivity contribution is 5.48. The first-order valence-corrected chi connectivity index (χ1v) is 4.18. The molecule has 74 valence electrons. The van der Waals surface area contributed by atoms with Crippen LogP contribution < -0.4 is 0 Å². The molecule has 0 aliphatic rings. The Hall–Kier alpha value is -1.69. The lowest BCUT2D eigenvalue weighted by Gasteiger charge is -1.97. The van der Waals surface area contributed by atoms with Gasteiger partial charge in [0.25, 0.3) is 5.89 Å². The Morgan fingerprint density at radius 3 is 3.21 bits per heavy atom. The zero-order valence-corrected chi connectivity index (χ0v) is 7.75. The van der Waals surface area contributed by atoms with Gasteiger partial charge in [0.05, 0.1) is 24.9 Å². The van der Waals surface area contributed by atoms with Crippen LogP contribution in [0.2, 0.25) is 0 Å². The molecule has 6 nitrogen and oxygen atoms in total. The van der Waals surface area contributed by atoms with E-state index in [1.165, 1.54) is 6.33 Å². The van der Waals surface area contributed by atoms with E-state index in [1.54, 1.807) is 18.0 Å². The van der Waals surface area contributed by atoms with Gasteiger partial charge in [0.15, 0.2) is 6.33 Å². The van der Waals surface area contributed by atoms with Crippen molar-refractivity contribution in [1.82, 2.24) is 19.9 Å². The number of ether oxygens (including phenoxy) is 1. The van der Waals surface area contributed by atoms with Gasteiger partial charge in [-0.2, -0.15) is 10.1 Å². The maximum atomic E-state index is 4.93. The Labute approximate surface area is 80.5 Å². The smallest absolute Gasteiger partial charge is 0.260 e. The zero-order valence-electron chi connectivity index (χ0n) is 7.75. The molecule has 2 heterocycles. The van der Waals surface area contributed by atoms with Crippen molar-refractivity contribution in [1.29, 1.82) is 0 Å². The van der Waals surface area contributed by atoms with Crippen molar-refractivity contribution in [2.24, 2.45) is 0 Å². The Bertz CT molecular complexity index is 382. The molecule has 0 N–H and O–H groups in total. The quantitative estimate of drug-likeness (QED) is 0.712. The van der Waals surface area contributed by atoms with Crippen molar-refractivity contribution in [3.05, 3.63) is 18.7 Å². The second kappa shape index (κ2) is 4.01. The molecule has 2 aromatic rings. The third kappa shape index (κ3) is 1.80. The first kappa shape index (κ1) is 8.89. The molecule has 14 heavy (non-hydrogen) atoms. The standard InChI is InChI=1S/C8H10N4O2/c1-13-3-2-12-5-7(4-10-12)8-9-6-11-14-8/h4-6H,2-3H2,1H3. The first-order valence-electron chi connectivity index (χ1n) is 4.18. The molecule has 2 rings (SSSR count). The minimum Gasteiger partial charge on any atom is -0.383 e. The lowest BCUT2D eigenvalue weighted by atomic mass is 10.4. The molecule has 0 unspecified atom stereocenters. The van der Waals surface area contributed by atoms with Crippen molar-refractivity contribution in [2.45, 2.75) is 6.54 Å². The van der Waals surface area contributed by atoms with E-state index in [0.717, 1.165) is 5.56 Å². The van der Waals surface area contributed by atoms with Crippen molar-refractivity contribution in [2.75, 3.05) is 13.7 Å². The van der Waals surface area contributed by atoms with Gasteiger partial charge in [0.1, 0.15) is 0 Å². The molecule has 0 saturated heterocycles. The topological polar surface area (TPSA) is 66.0 Å². The molecular weight excluding hydrogens is 184 g/mol. The SMILES string of the molecule is COCCn1cc(-c2ncno2)cn1. The van der Waals surface area contributed by atoms with Crippen molar-refractivity contribution in [3.8, 4) is 11.5 Å². The summed E-state index contributed by atoms with van der Waals surface area (Å²) in [4.78, 5) is 3.92. The van der Waals surface area contributed by atoms with Crippen LogP contribution in [0, 0.1) is 0 Å². The molecule has 6 heteroatoms. The molecular formula is C8H10N4O2. The maximum Gasteiger partial charge on any atom is 0.260 e. The number of rotatable bonds is 4. The summed E-state index contributed by atoms with van der Waals surface area (Å²) in [6.07, 6.45) is 4.89. The van der Waals surface area contributed by atoms with Crippen molar-refractivity contribution >= 4 is 0 Å². The van der Waals surface area contributed by atoms with Gasteiger partial charge in [-0.1, -0.05) is 5.16 Å². The molecule has 0 aromatic carbocycles. The van der Waals surface area contributed by atoms with Gasteiger partial charge >= 0.3 is 0 Å². The van der Waals surface area contributed by atoms with E-state index in [1.807, 2.05) is 6.20 Å². The second-order valence-electron chi connectivity index (χ2n) is 2.73. The van der Waals surface area contributed by atoms with Crippen LogP contribution in [0.5, 0.6) is 0 Å². The summed E-state index contributed by atoms with van der Waals surface area (Å²) < 4.78 is 11.6. The van der Waals surface area contributed by atoms with Crippen LogP contribution in [-0.2, 0) is 11.3 Å². The van der Waals surface area contributed by atoms with Gasteiger partial charge in [0.2, 0.25) is 0 Å². The molecule has 2 aromatic heterocycles. The predicted octanol–water partition coefficient (Wildman–Crippen LogP) is 0.579. The highest BCUT2D eigenvalue weighted by Gasteiger charge is 2.05. The first-order chi connectivity index (χ1) is 6.90. The van der Waals surface area contributed by atoms with Gasteiger partial charge in [0, 0.05) is 13.3 Å². The summed E-state index contributed by atoms with van der Waals surface area (Å²) in [6.45, 7) is 1.34. The van der Waals surface area contributed by atoms with Gasteiger partial charge in [-0.25, -0.2) is 0 Å². The van der Waals surface area contributed by atoms with Gasteiger partial charge in [-0.3, -0.25) is 4.68 Å². The van der Waals surface area contributed by atoms with E-state index in [9.17, 15) is 0 Å². The molecule has 0 bridgehead atoms. The van der Waals surface area contributed by atoms with E-state index in [0.29, 0.717) is 19.0 Å². The summed E-state index contributed by atoms with van der Waals surface area (Å²) in [7, 11) is 1.66. The minimum absolute atomic E-state index is 0.480. The van der Waals surface area contributed by atoms with Crippen LogP contribution in [0.25, 0.3) is 11.5 Å². The Kier molecular flexibility index (Phi) is 2.55. The molecule has 0 radical (unpaired) electrons. The van der Waals surface area contributed by atoms with Gasteiger partial charge < -0.3 is 9.26 Å². The van der Waals surface area contributed by atoms with Crippen molar-refractivity contribution in [3.63, 3.8) is 0 Å². The fraction of sp³-hybridized carbons (Fsp3) is 0.375. The summed E-state index contributed by atoms with van der Waals surface area (Å²) >= 11 is 0. The molecule has 0 fully saturated rings. The maximum absolute atomic E-state index is 4.93. The van der Waals surface area contributed by atoms with E-state index in [2.05, 4.69) is 15.2 Å². The Morgan fingerprint density at radius 2 is 2.50 bits per heavy atom. The van der Waals surface area contributed by atoms with Gasteiger partial charge in [-0.05, 0) is 0 Å². The summed E-state index contributed by atoms with van der Waals surface area (Å²) in [5.74, 6) is 0.480.